The van der Waals surface area contributed by atoms with Crippen molar-refractivity contribution in [2.75, 3.05) is 6.54 Å². The Bertz CT molecular complexity index is 416. The van der Waals surface area contributed by atoms with Gasteiger partial charge in [0, 0.05) is 18.8 Å². The number of hydrogen-bond donors (Lipinski definition) is 1. The van der Waals surface area contributed by atoms with Crippen LogP contribution in [0.5, 0.6) is 0 Å². The van der Waals surface area contributed by atoms with E-state index >= 15 is 0 Å². The van der Waals surface area contributed by atoms with E-state index in [1.54, 1.807) is 0 Å². The van der Waals surface area contributed by atoms with Crippen LogP contribution in [0.4, 0.5) is 0 Å². The van der Waals surface area contributed by atoms with E-state index in [4.69, 9.17) is 0 Å². The monoisotopic (exact) mass is 277 g/mol. The zero-order valence-corrected chi connectivity index (χ0v) is 13.8. The number of rotatable bonds is 4. The van der Waals surface area contributed by atoms with E-state index in [2.05, 4.69) is 44.3 Å². The van der Waals surface area contributed by atoms with Gasteiger partial charge in [0.2, 0.25) is 0 Å². The highest BCUT2D eigenvalue weighted by atomic mass is 15.2. The fourth-order valence-electron chi connectivity index (χ4n) is 3.40. The van der Waals surface area contributed by atoms with Crippen LogP contribution >= 0.6 is 0 Å². The van der Waals surface area contributed by atoms with Gasteiger partial charge in [0.25, 0.3) is 0 Å². The third kappa shape index (κ3) is 4.62. The van der Waals surface area contributed by atoms with Crippen LogP contribution in [0.3, 0.4) is 0 Å². The lowest BCUT2D eigenvalue weighted by Gasteiger charge is -2.36. The van der Waals surface area contributed by atoms with Crippen LogP contribution in [0.2, 0.25) is 0 Å². The molecule has 1 aliphatic rings. The zero-order chi connectivity index (χ0) is 14.8. The summed E-state index contributed by atoms with van der Waals surface area (Å²) >= 11 is 0. The molecule has 3 unspecified atom stereocenters. The maximum atomic E-state index is 4.31. The van der Waals surface area contributed by atoms with E-state index in [-0.39, 0.29) is 5.54 Å². The minimum absolute atomic E-state index is 0.224. The van der Waals surface area contributed by atoms with Crippen LogP contribution in [0.15, 0.2) is 12.4 Å². The van der Waals surface area contributed by atoms with Crippen molar-refractivity contribution >= 4 is 0 Å². The van der Waals surface area contributed by atoms with Crippen molar-refractivity contribution in [3.63, 3.8) is 0 Å². The lowest BCUT2D eigenvalue weighted by molar-refractivity contribution is 0.174. The Morgan fingerprint density at radius 3 is 2.65 bits per heavy atom. The standard InChI is InChI=1S/C17H31N3/c1-13-6-7-15(11-18-17(2,3)4)16(8-13)9-14-10-19-20(5)12-14/h10,12-13,15-16,18H,6-9,11H2,1-5H3. The highest BCUT2D eigenvalue weighted by Crippen LogP contribution is 2.35. The van der Waals surface area contributed by atoms with E-state index in [0.29, 0.717) is 0 Å². The molecule has 0 spiro atoms. The minimum Gasteiger partial charge on any atom is -0.312 e. The Kier molecular flexibility index (Phi) is 4.90. The molecule has 0 aliphatic heterocycles. The predicted octanol–water partition coefficient (Wildman–Crippen LogP) is 3.40. The predicted molar refractivity (Wildman–Crippen MR) is 84.7 cm³/mol. The molecule has 1 aromatic heterocycles. The first-order valence-corrected chi connectivity index (χ1v) is 8.06. The average molecular weight is 277 g/mol. The molecular formula is C17H31N3. The smallest absolute Gasteiger partial charge is 0.0521 e. The van der Waals surface area contributed by atoms with Gasteiger partial charge in [-0.05, 0) is 69.9 Å². The normalized spacial score (nSPS) is 27.8. The molecule has 1 N–H and O–H groups in total. The first kappa shape index (κ1) is 15.6. The first-order chi connectivity index (χ1) is 9.33. The lowest BCUT2D eigenvalue weighted by Crippen LogP contribution is -2.42. The van der Waals surface area contributed by atoms with Gasteiger partial charge in [0.05, 0.1) is 6.20 Å². The van der Waals surface area contributed by atoms with Crippen molar-refractivity contribution in [3.8, 4) is 0 Å². The molecule has 0 radical (unpaired) electrons. The van der Waals surface area contributed by atoms with Gasteiger partial charge in [0.15, 0.2) is 0 Å². The van der Waals surface area contributed by atoms with Gasteiger partial charge in [-0.25, -0.2) is 0 Å². The van der Waals surface area contributed by atoms with Gasteiger partial charge in [-0.2, -0.15) is 5.10 Å². The van der Waals surface area contributed by atoms with Crippen LogP contribution < -0.4 is 5.32 Å². The lowest BCUT2D eigenvalue weighted by atomic mass is 9.72. The summed E-state index contributed by atoms with van der Waals surface area (Å²) < 4.78 is 1.92. The summed E-state index contributed by atoms with van der Waals surface area (Å²) in [6, 6.07) is 0. The topological polar surface area (TPSA) is 29.9 Å². The summed E-state index contributed by atoms with van der Waals surface area (Å²) in [5.74, 6) is 2.49. The molecule has 114 valence electrons. The van der Waals surface area contributed by atoms with Crippen molar-refractivity contribution in [1.82, 2.24) is 15.1 Å². The number of aryl methyl sites for hydroxylation is 1. The molecule has 3 heteroatoms. The molecule has 1 aromatic rings. The Morgan fingerprint density at radius 2 is 2.05 bits per heavy atom. The summed E-state index contributed by atoms with van der Waals surface area (Å²) in [5, 5.41) is 8.02. The van der Waals surface area contributed by atoms with E-state index in [1.165, 1.54) is 31.2 Å². The summed E-state index contributed by atoms with van der Waals surface area (Å²) in [6.45, 7) is 10.3. The molecular weight excluding hydrogens is 246 g/mol. The molecule has 3 atom stereocenters. The molecule has 0 saturated heterocycles. The molecule has 1 fully saturated rings. The average Bonchev–Trinajstić information content (AvgIpc) is 2.72. The van der Waals surface area contributed by atoms with Crippen LogP contribution in [-0.4, -0.2) is 21.9 Å². The first-order valence-electron chi connectivity index (χ1n) is 8.06. The van der Waals surface area contributed by atoms with E-state index in [0.717, 1.165) is 24.3 Å². The van der Waals surface area contributed by atoms with Crippen LogP contribution in [0.25, 0.3) is 0 Å². The summed E-state index contributed by atoms with van der Waals surface area (Å²) in [7, 11) is 2.01. The van der Waals surface area contributed by atoms with Gasteiger partial charge in [-0.15, -0.1) is 0 Å². The Balaban J connectivity index is 1.97. The second kappa shape index (κ2) is 6.30. The maximum absolute atomic E-state index is 4.31. The molecule has 1 heterocycles. The van der Waals surface area contributed by atoms with Crippen LogP contribution in [0, 0.1) is 17.8 Å². The maximum Gasteiger partial charge on any atom is 0.0521 e. The van der Waals surface area contributed by atoms with Gasteiger partial charge in [-0.3, -0.25) is 4.68 Å². The molecule has 2 rings (SSSR count). The summed E-state index contributed by atoms with van der Waals surface area (Å²) in [5.41, 5.74) is 1.62. The zero-order valence-electron chi connectivity index (χ0n) is 13.8. The summed E-state index contributed by atoms with van der Waals surface area (Å²) in [4.78, 5) is 0. The second-order valence-corrected chi connectivity index (χ2v) is 7.80. The third-order valence-electron chi connectivity index (χ3n) is 4.55. The van der Waals surface area contributed by atoms with Gasteiger partial charge < -0.3 is 5.32 Å². The molecule has 20 heavy (non-hydrogen) atoms. The van der Waals surface area contributed by atoms with Crippen LogP contribution in [-0.2, 0) is 13.5 Å². The van der Waals surface area contributed by atoms with Crippen molar-refractivity contribution in [3.05, 3.63) is 18.0 Å². The van der Waals surface area contributed by atoms with Crippen molar-refractivity contribution in [2.24, 2.45) is 24.8 Å². The number of aromatic nitrogens is 2. The Hall–Kier alpha value is -0.830. The number of hydrogen-bond acceptors (Lipinski definition) is 2. The fourth-order valence-corrected chi connectivity index (χ4v) is 3.40. The SMILES string of the molecule is CC1CCC(CNC(C)(C)C)C(Cc2cnn(C)c2)C1. The van der Waals surface area contributed by atoms with E-state index < -0.39 is 0 Å². The van der Waals surface area contributed by atoms with Crippen molar-refractivity contribution < 1.29 is 0 Å². The van der Waals surface area contributed by atoms with Crippen molar-refractivity contribution in [1.29, 1.82) is 0 Å². The molecule has 0 bridgehead atoms. The molecule has 1 aliphatic carbocycles. The van der Waals surface area contributed by atoms with Gasteiger partial charge >= 0.3 is 0 Å². The van der Waals surface area contributed by atoms with Gasteiger partial charge in [-0.1, -0.05) is 13.3 Å². The number of nitrogens with zero attached hydrogens (tertiary/aromatic N) is 2. The fraction of sp³-hybridized carbons (Fsp3) is 0.824. The molecule has 1 saturated carbocycles. The van der Waals surface area contributed by atoms with Gasteiger partial charge in [0.1, 0.15) is 0 Å². The van der Waals surface area contributed by atoms with Crippen LogP contribution in [0.1, 0.15) is 52.5 Å². The molecule has 0 amide bonds. The Labute approximate surface area is 124 Å². The van der Waals surface area contributed by atoms with E-state index in [1.807, 2.05) is 17.9 Å². The van der Waals surface area contributed by atoms with E-state index in [9.17, 15) is 0 Å². The quantitative estimate of drug-likeness (QED) is 0.914. The Morgan fingerprint density at radius 1 is 1.30 bits per heavy atom. The van der Waals surface area contributed by atoms with Crippen molar-refractivity contribution in [2.45, 2.75) is 58.9 Å². The highest BCUT2D eigenvalue weighted by Gasteiger charge is 2.29. The second-order valence-electron chi connectivity index (χ2n) is 7.80. The molecule has 0 aromatic carbocycles. The highest BCUT2D eigenvalue weighted by molar-refractivity contribution is 5.06. The number of nitrogens with one attached hydrogen (secondary N) is 1. The largest absolute Gasteiger partial charge is 0.312 e. The molecule has 3 nitrogen and oxygen atoms in total. The summed E-state index contributed by atoms with van der Waals surface area (Å²) in [6.07, 6.45) is 9.52. The minimum atomic E-state index is 0.224. The third-order valence-corrected chi connectivity index (χ3v) is 4.55.